The molecule has 1 saturated heterocycles. The average Bonchev–Trinajstić information content (AvgIpc) is 3.11. The molecule has 20 heavy (non-hydrogen) atoms. The van der Waals surface area contributed by atoms with Gasteiger partial charge in [-0.25, -0.2) is 0 Å². The second-order valence-corrected chi connectivity index (χ2v) is 8.07. The molecule has 4 unspecified atom stereocenters. The molecule has 0 amide bonds. The highest BCUT2D eigenvalue weighted by atomic mass is 15.3. The van der Waals surface area contributed by atoms with E-state index in [-0.39, 0.29) is 0 Å². The minimum atomic E-state index is 0.343. The van der Waals surface area contributed by atoms with E-state index < -0.39 is 0 Å². The largest absolute Gasteiger partial charge is 0.329 e. The van der Waals surface area contributed by atoms with Crippen LogP contribution in [0.2, 0.25) is 0 Å². The van der Waals surface area contributed by atoms with Gasteiger partial charge in [0.1, 0.15) is 0 Å². The van der Waals surface area contributed by atoms with E-state index in [1.807, 2.05) is 0 Å². The number of nitrogens with zero attached hydrogens (tertiary/aromatic N) is 1. The molecule has 0 bridgehead atoms. The Balaban J connectivity index is 1.77. The lowest BCUT2D eigenvalue weighted by molar-refractivity contribution is -0.00319. The maximum Gasteiger partial charge on any atom is 0.0337 e. The zero-order chi connectivity index (χ0) is 14.2. The fourth-order valence-corrected chi connectivity index (χ4v) is 5.46. The summed E-state index contributed by atoms with van der Waals surface area (Å²) in [6, 6.07) is 0.863. The molecule has 0 spiro atoms. The fourth-order valence-electron chi connectivity index (χ4n) is 5.46. The van der Waals surface area contributed by atoms with Crippen LogP contribution in [0.5, 0.6) is 0 Å². The minimum absolute atomic E-state index is 0.343. The summed E-state index contributed by atoms with van der Waals surface area (Å²) in [6.45, 7) is 7.09. The summed E-state index contributed by atoms with van der Waals surface area (Å²) < 4.78 is 0. The first-order chi connectivity index (χ1) is 9.66. The zero-order valence-corrected chi connectivity index (χ0v) is 13.6. The van der Waals surface area contributed by atoms with E-state index in [2.05, 4.69) is 18.7 Å². The lowest BCUT2D eigenvalue weighted by Crippen LogP contribution is -2.59. The summed E-state index contributed by atoms with van der Waals surface area (Å²) in [5, 5.41) is 0. The Morgan fingerprint density at radius 3 is 2.40 bits per heavy atom. The SMILES string of the molecule is CC1CCC(CN)(N2CCCC2C2CCCC2)CC1C. The fraction of sp³-hybridized carbons (Fsp3) is 1.00. The summed E-state index contributed by atoms with van der Waals surface area (Å²) in [4.78, 5) is 2.91. The monoisotopic (exact) mass is 278 g/mol. The van der Waals surface area contributed by atoms with Crippen molar-refractivity contribution in [1.29, 1.82) is 0 Å². The quantitative estimate of drug-likeness (QED) is 0.851. The highest BCUT2D eigenvalue weighted by Crippen LogP contribution is 2.45. The molecule has 2 aliphatic carbocycles. The van der Waals surface area contributed by atoms with E-state index in [9.17, 15) is 0 Å². The van der Waals surface area contributed by atoms with Crippen LogP contribution in [0.4, 0.5) is 0 Å². The van der Waals surface area contributed by atoms with E-state index in [0.717, 1.165) is 30.3 Å². The summed E-state index contributed by atoms with van der Waals surface area (Å²) in [5.74, 6) is 2.72. The standard InChI is InChI=1S/C18H34N2/c1-14-9-10-18(13-19,12-15(14)2)20-11-5-8-17(20)16-6-3-4-7-16/h14-17H,3-13,19H2,1-2H3. The number of nitrogens with two attached hydrogens (primary N) is 1. The van der Waals surface area contributed by atoms with Crippen molar-refractivity contribution >= 4 is 0 Å². The van der Waals surface area contributed by atoms with Crippen LogP contribution in [-0.2, 0) is 0 Å². The Morgan fingerprint density at radius 1 is 1.00 bits per heavy atom. The van der Waals surface area contributed by atoms with Gasteiger partial charge in [0.15, 0.2) is 0 Å². The number of likely N-dealkylation sites (tertiary alicyclic amines) is 1. The van der Waals surface area contributed by atoms with E-state index in [0.29, 0.717) is 5.54 Å². The van der Waals surface area contributed by atoms with Crippen LogP contribution in [0.15, 0.2) is 0 Å². The molecule has 0 aromatic carbocycles. The zero-order valence-electron chi connectivity index (χ0n) is 13.6. The van der Waals surface area contributed by atoms with Crippen molar-refractivity contribution in [3.63, 3.8) is 0 Å². The molecular weight excluding hydrogens is 244 g/mol. The van der Waals surface area contributed by atoms with Crippen LogP contribution in [0.3, 0.4) is 0 Å². The normalized spacial score (nSPS) is 44.2. The minimum Gasteiger partial charge on any atom is -0.329 e. The van der Waals surface area contributed by atoms with Gasteiger partial charge < -0.3 is 5.73 Å². The van der Waals surface area contributed by atoms with Gasteiger partial charge in [0.25, 0.3) is 0 Å². The number of rotatable bonds is 3. The second-order valence-electron chi connectivity index (χ2n) is 8.07. The molecule has 2 N–H and O–H groups in total. The molecule has 0 aromatic heterocycles. The Labute approximate surface area is 125 Å². The second kappa shape index (κ2) is 5.96. The smallest absolute Gasteiger partial charge is 0.0337 e. The number of hydrogen-bond acceptors (Lipinski definition) is 2. The highest BCUT2D eigenvalue weighted by molar-refractivity contribution is 5.03. The Morgan fingerprint density at radius 2 is 1.75 bits per heavy atom. The molecule has 116 valence electrons. The van der Waals surface area contributed by atoms with Crippen LogP contribution in [0.25, 0.3) is 0 Å². The predicted molar refractivity (Wildman–Crippen MR) is 85.7 cm³/mol. The van der Waals surface area contributed by atoms with Crippen molar-refractivity contribution in [2.45, 2.75) is 83.2 Å². The molecule has 3 fully saturated rings. The van der Waals surface area contributed by atoms with Gasteiger partial charge in [0.05, 0.1) is 0 Å². The maximum atomic E-state index is 6.34. The molecule has 3 aliphatic rings. The molecule has 3 rings (SSSR count). The Kier molecular flexibility index (Phi) is 4.42. The van der Waals surface area contributed by atoms with Crippen molar-refractivity contribution < 1.29 is 0 Å². The van der Waals surface area contributed by atoms with Gasteiger partial charge in [-0.1, -0.05) is 26.7 Å². The Hall–Kier alpha value is -0.0800. The predicted octanol–water partition coefficient (Wildman–Crippen LogP) is 3.79. The van der Waals surface area contributed by atoms with Gasteiger partial charge in [-0.15, -0.1) is 0 Å². The molecule has 0 radical (unpaired) electrons. The van der Waals surface area contributed by atoms with Gasteiger partial charge >= 0.3 is 0 Å². The van der Waals surface area contributed by atoms with E-state index in [1.165, 1.54) is 64.3 Å². The summed E-state index contributed by atoms with van der Waals surface area (Å²) >= 11 is 0. The molecule has 1 aliphatic heterocycles. The molecule has 1 heterocycles. The summed E-state index contributed by atoms with van der Waals surface area (Å²) in [6.07, 6.45) is 12.8. The van der Waals surface area contributed by atoms with Gasteiger partial charge in [-0.3, -0.25) is 4.90 Å². The molecule has 2 nitrogen and oxygen atoms in total. The van der Waals surface area contributed by atoms with Crippen LogP contribution < -0.4 is 5.73 Å². The molecule has 4 atom stereocenters. The van der Waals surface area contributed by atoms with Crippen LogP contribution in [-0.4, -0.2) is 29.6 Å². The third kappa shape index (κ3) is 2.54. The van der Waals surface area contributed by atoms with Gasteiger partial charge in [0, 0.05) is 18.1 Å². The molecular formula is C18H34N2. The van der Waals surface area contributed by atoms with Gasteiger partial charge in [-0.2, -0.15) is 0 Å². The van der Waals surface area contributed by atoms with E-state index in [1.54, 1.807) is 0 Å². The third-order valence-electron chi connectivity index (χ3n) is 6.97. The summed E-state index contributed by atoms with van der Waals surface area (Å²) in [5.41, 5.74) is 6.69. The molecule has 2 saturated carbocycles. The van der Waals surface area contributed by atoms with Crippen molar-refractivity contribution in [3.05, 3.63) is 0 Å². The lowest BCUT2D eigenvalue weighted by Gasteiger charge is -2.51. The van der Waals surface area contributed by atoms with Crippen LogP contribution in [0.1, 0.15) is 71.6 Å². The van der Waals surface area contributed by atoms with Gasteiger partial charge in [-0.05, 0) is 69.2 Å². The average molecular weight is 278 g/mol. The van der Waals surface area contributed by atoms with E-state index >= 15 is 0 Å². The first-order valence-corrected chi connectivity index (χ1v) is 9.13. The van der Waals surface area contributed by atoms with Crippen molar-refractivity contribution in [2.75, 3.05) is 13.1 Å². The van der Waals surface area contributed by atoms with Crippen LogP contribution >= 0.6 is 0 Å². The van der Waals surface area contributed by atoms with Crippen molar-refractivity contribution in [1.82, 2.24) is 4.90 Å². The highest BCUT2D eigenvalue weighted by Gasteiger charge is 2.47. The Bertz CT molecular complexity index is 323. The number of hydrogen-bond donors (Lipinski definition) is 1. The van der Waals surface area contributed by atoms with Crippen LogP contribution in [0, 0.1) is 17.8 Å². The summed E-state index contributed by atoms with van der Waals surface area (Å²) in [7, 11) is 0. The molecule has 2 heteroatoms. The topological polar surface area (TPSA) is 29.3 Å². The maximum absolute atomic E-state index is 6.34. The lowest BCUT2D eigenvalue weighted by atomic mass is 9.70. The molecule has 0 aromatic rings. The first kappa shape index (κ1) is 14.8. The van der Waals surface area contributed by atoms with E-state index in [4.69, 9.17) is 5.73 Å². The van der Waals surface area contributed by atoms with Gasteiger partial charge in [0.2, 0.25) is 0 Å². The third-order valence-corrected chi connectivity index (χ3v) is 6.97. The first-order valence-electron chi connectivity index (χ1n) is 9.13. The van der Waals surface area contributed by atoms with Crippen molar-refractivity contribution in [3.8, 4) is 0 Å². The van der Waals surface area contributed by atoms with Crippen molar-refractivity contribution in [2.24, 2.45) is 23.5 Å².